The highest BCUT2D eigenvalue weighted by atomic mass is 19.2. The van der Waals surface area contributed by atoms with Gasteiger partial charge in [0.2, 0.25) is 0 Å². The highest BCUT2D eigenvalue weighted by Crippen LogP contribution is 2.38. The molecule has 1 heterocycles. The topological polar surface area (TPSA) is 46.3 Å². The summed E-state index contributed by atoms with van der Waals surface area (Å²) in [5.74, 6) is -3.63. The van der Waals surface area contributed by atoms with Crippen molar-refractivity contribution in [3.8, 4) is 11.1 Å². The lowest BCUT2D eigenvalue weighted by molar-refractivity contribution is -0.129. The van der Waals surface area contributed by atoms with E-state index in [1.54, 1.807) is 18.2 Å². The number of anilines is 1. The van der Waals surface area contributed by atoms with Gasteiger partial charge >= 0.3 is 0 Å². The summed E-state index contributed by atoms with van der Waals surface area (Å²) < 4.78 is 28.4. The lowest BCUT2D eigenvalue weighted by Crippen LogP contribution is -2.50. The minimum absolute atomic E-state index is 0.183. The molecule has 5 heteroatoms. The molecule has 0 radical (unpaired) electrons. The van der Waals surface area contributed by atoms with E-state index in [0.717, 1.165) is 16.0 Å². The number of hydrogen-bond donors (Lipinski definition) is 1. The zero-order valence-electron chi connectivity index (χ0n) is 11.9. The van der Waals surface area contributed by atoms with Crippen LogP contribution in [0.3, 0.4) is 0 Å². The molecule has 1 amide bonds. The fourth-order valence-electron chi connectivity index (χ4n) is 2.84. The van der Waals surface area contributed by atoms with Gasteiger partial charge in [-0.25, -0.2) is 8.78 Å². The quantitative estimate of drug-likeness (QED) is 0.886. The van der Waals surface area contributed by atoms with Crippen molar-refractivity contribution in [2.45, 2.75) is 18.4 Å². The number of hydrogen-bond acceptors (Lipinski definition) is 2. The fourth-order valence-corrected chi connectivity index (χ4v) is 2.84. The average molecular weight is 302 g/mol. The van der Waals surface area contributed by atoms with E-state index >= 15 is 0 Å². The van der Waals surface area contributed by atoms with Gasteiger partial charge in [-0.15, -0.1) is 0 Å². The molecule has 0 aromatic heterocycles. The molecule has 22 heavy (non-hydrogen) atoms. The Morgan fingerprint density at radius 2 is 1.82 bits per heavy atom. The van der Waals surface area contributed by atoms with E-state index in [9.17, 15) is 13.6 Å². The molecule has 0 saturated carbocycles. The van der Waals surface area contributed by atoms with Crippen molar-refractivity contribution in [3.63, 3.8) is 0 Å². The first-order chi connectivity index (χ1) is 10.5. The molecule has 2 unspecified atom stereocenters. The van der Waals surface area contributed by atoms with Crippen molar-refractivity contribution in [2.75, 3.05) is 11.4 Å². The van der Waals surface area contributed by atoms with Gasteiger partial charge in [0.25, 0.3) is 11.7 Å². The number of nitrogens with two attached hydrogens (primary N) is 1. The number of rotatable bonds is 3. The van der Waals surface area contributed by atoms with E-state index in [1.165, 1.54) is 0 Å². The van der Waals surface area contributed by atoms with Crippen LogP contribution in [0.25, 0.3) is 11.1 Å². The summed E-state index contributed by atoms with van der Waals surface area (Å²) in [6, 6.07) is 16.6. The van der Waals surface area contributed by atoms with Crippen LogP contribution in [0.15, 0.2) is 54.6 Å². The molecular weight excluding hydrogens is 286 g/mol. The van der Waals surface area contributed by atoms with Gasteiger partial charge < -0.3 is 10.6 Å². The Bertz CT molecular complexity index is 692. The zero-order chi connectivity index (χ0) is 15.7. The van der Waals surface area contributed by atoms with E-state index in [-0.39, 0.29) is 6.54 Å². The molecule has 0 bridgehead atoms. The molecule has 3 rings (SSSR count). The zero-order valence-corrected chi connectivity index (χ0v) is 11.9. The highest BCUT2D eigenvalue weighted by molar-refractivity contribution is 5.88. The van der Waals surface area contributed by atoms with E-state index in [0.29, 0.717) is 5.69 Å². The van der Waals surface area contributed by atoms with Crippen molar-refractivity contribution < 1.29 is 13.6 Å². The summed E-state index contributed by atoms with van der Waals surface area (Å²) in [4.78, 5) is 12.6. The first kappa shape index (κ1) is 14.5. The van der Waals surface area contributed by atoms with Gasteiger partial charge in [-0.3, -0.25) is 4.79 Å². The van der Waals surface area contributed by atoms with Crippen LogP contribution in [0.5, 0.6) is 0 Å². The monoisotopic (exact) mass is 302 g/mol. The molecule has 2 aromatic carbocycles. The molecule has 114 valence electrons. The molecule has 2 atom stereocenters. The average Bonchev–Trinajstić information content (AvgIpc) is 2.85. The van der Waals surface area contributed by atoms with Crippen LogP contribution in [-0.4, -0.2) is 24.4 Å². The minimum Gasteiger partial charge on any atom is -0.365 e. The van der Waals surface area contributed by atoms with Gasteiger partial charge in [0.1, 0.15) is 6.17 Å². The Morgan fingerprint density at radius 3 is 2.50 bits per heavy atom. The van der Waals surface area contributed by atoms with E-state index in [1.807, 2.05) is 36.4 Å². The third-order valence-corrected chi connectivity index (χ3v) is 3.94. The molecule has 1 aliphatic heterocycles. The van der Waals surface area contributed by atoms with Crippen LogP contribution in [0.4, 0.5) is 14.5 Å². The van der Waals surface area contributed by atoms with Gasteiger partial charge in [-0.05, 0) is 23.3 Å². The summed E-state index contributed by atoms with van der Waals surface area (Å²) in [6.07, 6.45) is -1.95. The lowest BCUT2D eigenvalue weighted by atomic mass is 10.0. The predicted octanol–water partition coefficient (Wildman–Crippen LogP) is 3.05. The Kier molecular flexibility index (Phi) is 3.56. The van der Waals surface area contributed by atoms with Crippen molar-refractivity contribution >= 4 is 11.6 Å². The SMILES string of the molecule is NC(=O)C1(F)CC(F)CN1c1cccc(-c2ccccc2)c1. The molecular formula is C17H16F2N2O. The number of nitrogens with zero attached hydrogens (tertiary/aromatic N) is 1. The Hall–Kier alpha value is -2.43. The van der Waals surface area contributed by atoms with Gasteiger partial charge in [0.05, 0.1) is 6.54 Å². The summed E-state index contributed by atoms with van der Waals surface area (Å²) in [7, 11) is 0. The van der Waals surface area contributed by atoms with Crippen molar-refractivity contribution in [2.24, 2.45) is 5.73 Å². The number of carbonyl (C=O) groups is 1. The van der Waals surface area contributed by atoms with Crippen molar-refractivity contribution in [1.82, 2.24) is 0 Å². The number of benzene rings is 2. The summed E-state index contributed by atoms with van der Waals surface area (Å²) in [5, 5.41) is 0. The molecule has 1 aliphatic rings. The molecule has 2 N–H and O–H groups in total. The Labute approximate surface area is 127 Å². The first-order valence-electron chi connectivity index (χ1n) is 7.07. The van der Waals surface area contributed by atoms with Crippen LogP contribution in [0.1, 0.15) is 6.42 Å². The largest absolute Gasteiger partial charge is 0.365 e. The second-order valence-electron chi connectivity index (χ2n) is 5.45. The Morgan fingerprint density at radius 1 is 1.14 bits per heavy atom. The minimum atomic E-state index is -2.48. The van der Waals surface area contributed by atoms with Gasteiger partial charge in [-0.1, -0.05) is 42.5 Å². The van der Waals surface area contributed by atoms with Crippen molar-refractivity contribution in [3.05, 3.63) is 54.6 Å². The lowest BCUT2D eigenvalue weighted by Gasteiger charge is -2.30. The molecule has 0 spiro atoms. The third kappa shape index (κ3) is 2.43. The van der Waals surface area contributed by atoms with Crippen molar-refractivity contribution in [1.29, 1.82) is 0 Å². The molecule has 2 aromatic rings. The first-order valence-corrected chi connectivity index (χ1v) is 7.07. The standard InChI is InChI=1S/C17H16F2N2O/c18-14-10-17(19,16(20)22)21(11-14)15-8-4-7-13(9-15)12-5-2-1-3-6-12/h1-9,14H,10-11H2,(H2,20,22). The van der Waals surface area contributed by atoms with Crippen LogP contribution >= 0.6 is 0 Å². The predicted molar refractivity (Wildman–Crippen MR) is 81.8 cm³/mol. The number of carbonyl (C=O) groups excluding carboxylic acids is 1. The molecule has 1 saturated heterocycles. The van der Waals surface area contributed by atoms with Crippen LogP contribution < -0.4 is 10.6 Å². The molecule has 3 nitrogen and oxygen atoms in total. The maximum atomic E-state index is 14.8. The smallest absolute Gasteiger partial charge is 0.276 e. The molecule has 0 aliphatic carbocycles. The van der Waals surface area contributed by atoms with Crippen LogP contribution in [0, 0.1) is 0 Å². The fraction of sp³-hybridized carbons (Fsp3) is 0.235. The van der Waals surface area contributed by atoms with E-state index < -0.39 is 24.3 Å². The second-order valence-corrected chi connectivity index (χ2v) is 5.45. The molecule has 1 fully saturated rings. The second kappa shape index (κ2) is 5.40. The Balaban J connectivity index is 2.00. The summed E-state index contributed by atoms with van der Waals surface area (Å²) in [5.41, 5.74) is 7.43. The number of alkyl halides is 2. The van der Waals surface area contributed by atoms with Crippen LogP contribution in [-0.2, 0) is 4.79 Å². The van der Waals surface area contributed by atoms with Crippen LogP contribution in [0.2, 0.25) is 0 Å². The van der Waals surface area contributed by atoms with Gasteiger partial charge in [0, 0.05) is 12.1 Å². The summed E-state index contributed by atoms with van der Waals surface area (Å²) >= 11 is 0. The van der Waals surface area contributed by atoms with Gasteiger partial charge in [0.15, 0.2) is 0 Å². The van der Waals surface area contributed by atoms with E-state index in [2.05, 4.69) is 0 Å². The maximum Gasteiger partial charge on any atom is 0.276 e. The summed E-state index contributed by atoms with van der Waals surface area (Å²) in [6.45, 7) is -0.183. The third-order valence-electron chi connectivity index (χ3n) is 3.94. The normalized spacial score (nSPS) is 24.5. The van der Waals surface area contributed by atoms with E-state index in [4.69, 9.17) is 5.73 Å². The maximum absolute atomic E-state index is 14.8. The van der Waals surface area contributed by atoms with Gasteiger partial charge in [-0.2, -0.15) is 0 Å². The highest BCUT2D eigenvalue weighted by Gasteiger charge is 2.51. The number of primary amides is 1. The number of halogens is 2. The number of amides is 1.